The van der Waals surface area contributed by atoms with Gasteiger partial charge in [-0.05, 0) is 81.2 Å². The maximum atomic E-state index is 14.1. The molecule has 2 atom stereocenters. The summed E-state index contributed by atoms with van der Waals surface area (Å²) >= 11 is 0. The lowest BCUT2D eigenvalue weighted by molar-refractivity contribution is -0.120. The Balaban J connectivity index is 1.61. The lowest BCUT2D eigenvalue weighted by Gasteiger charge is -2.36. The Morgan fingerprint density at radius 1 is 1.22 bits per heavy atom. The minimum Gasteiger partial charge on any atom is -0.385 e. The van der Waals surface area contributed by atoms with Crippen LogP contribution in [0, 0.1) is 5.92 Å². The third-order valence-electron chi connectivity index (χ3n) is 8.69. The molecule has 1 fully saturated rings. The summed E-state index contributed by atoms with van der Waals surface area (Å²) in [6.07, 6.45) is 17.6. The van der Waals surface area contributed by atoms with Gasteiger partial charge in [-0.25, -0.2) is 8.42 Å². The summed E-state index contributed by atoms with van der Waals surface area (Å²) in [6.45, 7) is 13.3. The number of benzene rings is 1. The second kappa shape index (κ2) is 15.2. The molecule has 2 aliphatic heterocycles. The predicted octanol–water partition coefficient (Wildman–Crippen LogP) is 7.00. The molecule has 242 valence electrons. The number of amides is 2. The van der Waals surface area contributed by atoms with Crippen LogP contribution in [-0.2, 0) is 24.3 Å². The topological polar surface area (TPSA) is 96.0 Å². The Kier molecular flexibility index (Phi) is 11.6. The van der Waals surface area contributed by atoms with Gasteiger partial charge in [0.05, 0.1) is 10.6 Å². The van der Waals surface area contributed by atoms with E-state index in [2.05, 4.69) is 31.0 Å². The number of carbonyl (C=O) groups is 2. The van der Waals surface area contributed by atoms with E-state index in [1.54, 1.807) is 24.2 Å². The second-order valence-electron chi connectivity index (χ2n) is 11.9. The maximum Gasteiger partial charge on any atom is 0.258 e. The van der Waals surface area contributed by atoms with Crippen molar-refractivity contribution in [1.29, 1.82) is 0 Å². The summed E-state index contributed by atoms with van der Waals surface area (Å²) in [5.41, 5.74) is 5.21. The smallest absolute Gasteiger partial charge is 0.258 e. The molecule has 1 saturated heterocycles. The summed E-state index contributed by atoms with van der Waals surface area (Å²) in [6, 6.07) is 2.76. The van der Waals surface area contributed by atoms with Gasteiger partial charge in [-0.3, -0.25) is 9.59 Å². The molecular formula is C36H47N3O5S. The molecule has 0 radical (unpaired) electrons. The van der Waals surface area contributed by atoms with Crippen LogP contribution >= 0.6 is 0 Å². The van der Waals surface area contributed by atoms with Gasteiger partial charge in [0, 0.05) is 49.2 Å². The molecule has 1 N–H and O–H groups in total. The van der Waals surface area contributed by atoms with E-state index in [1.807, 2.05) is 51.1 Å². The minimum atomic E-state index is -3.89. The summed E-state index contributed by atoms with van der Waals surface area (Å²) in [7, 11) is -2.26. The fourth-order valence-corrected chi connectivity index (χ4v) is 8.32. The number of fused-ring (bicyclic) bond motifs is 1. The van der Waals surface area contributed by atoms with E-state index in [4.69, 9.17) is 4.74 Å². The van der Waals surface area contributed by atoms with Crippen molar-refractivity contribution in [3.63, 3.8) is 0 Å². The van der Waals surface area contributed by atoms with Gasteiger partial charge in [0.25, 0.3) is 5.91 Å². The third kappa shape index (κ3) is 7.32. The summed E-state index contributed by atoms with van der Waals surface area (Å²) in [4.78, 5) is 29.1. The van der Waals surface area contributed by atoms with Gasteiger partial charge in [0.1, 0.15) is 6.04 Å². The number of rotatable bonds is 12. The Labute approximate surface area is 268 Å². The molecule has 1 aromatic rings. The van der Waals surface area contributed by atoms with Crippen molar-refractivity contribution >= 4 is 44.9 Å². The normalized spacial score (nSPS) is 21.4. The molecule has 3 aliphatic rings. The standard InChI is InChI=1S/C36H47N3O5S/c1-7-9-10-15-25(3)28-17-20-33(26(4)24-28)45(42,43)39-22-12-11-16-32(39)35(40)37-30-18-19-31-34(29(30)14-8-2)27(5)36(41)38(31)21-13-23-44-6/h8-10,14-15,17-20,26,32H,5,7,11-13,16,21-24H2,1-4,6H3,(H,37,40)/b10-9-,14-8-,25-15+/t26-,32?/m1/s1. The first kappa shape index (κ1) is 34.3. The van der Waals surface area contributed by atoms with Gasteiger partial charge in [0.2, 0.25) is 15.9 Å². The molecule has 2 amide bonds. The van der Waals surface area contributed by atoms with Crippen LogP contribution in [0.1, 0.15) is 77.3 Å². The summed E-state index contributed by atoms with van der Waals surface area (Å²) in [5, 5.41) is 3.03. The largest absolute Gasteiger partial charge is 0.385 e. The zero-order valence-electron chi connectivity index (χ0n) is 27.3. The maximum absolute atomic E-state index is 14.1. The Bertz CT molecular complexity index is 1580. The quantitative estimate of drug-likeness (QED) is 0.152. The number of ether oxygens (including phenoxy) is 1. The number of anilines is 2. The fraction of sp³-hybridized carbons (Fsp3) is 0.444. The number of hydrogen-bond donors (Lipinski definition) is 1. The molecule has 8 nitrogen and oxygen atoms in total. The number of nitrogens with zero attached hydrogens (tertiary/aromatic N) is 2. The van der Waals surface area contributed by atoms with Crippen LogP contribution < -0.4 is 10.2 Å². The average Bonchev–Trinajstić information content (AvgIpc) is 3.27. The first-order valence-electron chi connectivity index (χ1n) is 15.9. The number of piperidine rings is 1. The van der Waals surface area contributed by atoms with Crippen molar-refractivity contribution in [1.82, 2.24) is 4.31 Å². The Morgan fingerprint density at radius 3 is 2.69 bits per heavy atom. The molecule has 1 unspecified atom stereocenters. The van der Waals surface area contributed by atoms with Crippen LogP contribution in [-0.4, -0.2) is 57.4 Å². The van der Waals surface area contributed by atoms with E-state index in [1.165, 1.54) is 4.31 Å². The van der Waals surface area contributed by atoms with Crippen LogP contribution in [0.2, 0.25) is 0 Å². The fourth-order valence-electron chi connectivity index (χ4n) is 6.31. The van der Waals surface area contributed by atoms with Gasteiger partial charge in [0.15, 0.2) is 0 Å². The minimum absolute atomic E-state index is 0.171. The number of sulfonamides is 1. The van der Waals surface area contributed by atoms with Gasteiger partial charge in [-0.2, -0.15) is 4.31 Å². The van der Waals surface area contributed by atoms with E-state index in [-0.39, 0.29) is 24.3 Å². The highest BCUT2D eigenvalue weighted by Gasteiger charge is 2.41. The molecule has 2 heterocycles. The predicted molar refractivity (Wildman–Crippen MR) is 184 cm³/mol. The molecule has 0 spiro atoms. The van der Waals surface area contributed by atoms with Crippen LogP contribution in [0.3, 0.4) is 0 Å². The first-order valence-corrected chi connectivity index (χ1v) is 17.4. The number of carbonyl (C=O) groups excluding carboxylic acids is 2. The Hall–Kier alpha value is -3.53. The zero-order chi connectivity index (χ0) is 32.7. The summed E-state index contributed by atoms with van der Waals surface area (Å²) < 4.78 is 34.8. The number of nitrogens with one attached hydrogen (secondary N) is 1. The van der Waals surface area contributed by atoms with Crippen molar-refractivity contribution in [2.24, 2.45) is 5.92 Å². The van der Waals surface area contributed by atoms with Crippen LogP contribution in [0.4, 0.5) is 11.4 Å². The van der Waals surface area contributed by atoms with E-state index < -0.39 is 16.1 Å². The molecule has 0 aromatic heterocycles. The highest BCUT2D eigenvalue weighted by molar-refractivity contribution is 7.93. The van der Waals surface area contributed by atoms with Crippen LogP contribution in [0.25, 0.3) is 11.6 Å². The van der Waals surface area contributed by atoms with Crippen molar-refractivity contribution in [2.75, 3.05) is 37.0 Å². The van der Waals surface area contributed by atoms with Crippen molar-refractivity contribution in [3.05, 3.63) is 82.3 Å². The van der Waals surface area contributed by atoms with Gasteiger partial charge in [-0.15, -0.1) is 0 Å². The molecule has 1 aromatic carbocycles. The highest BCUT2D eigenvalue weighted by atomic mass is 32.2. The van der Waals surface area contributed by atoms with Crippen molar-refractivity contribution in [2.45, 2.75) is 72.3 Å². The lowest BCUT2D eigenvalue weighted by atomic mass is 9.91. The molecule has 0 bridgehead atoms. The van der Waals surface area contributed by atoms with Crippen molar-refractivity contribution in [3.8, 4) is 0 Å². The van der Waals surface area contributed by atoms with Gasteiger partial charge < -0.3 is 15.0 Å². The number of hydrogen-bond acceptors (Lipinski definition) is 5. The van der Waals surface area contributed by atoms with E-state index in [0.717, 1.165) is 29.7 Å². The molecule has 4 rings (SSSR count). The number of allylic oxidation sites excluding steroid dienone is 9. The molecule has 45 heavy (non-hydrogen) atoms. The average molecular weight is 634 g/mol. The second-order valence-corrected chi connectivity index (χ2v) is 13.8. The molecule has 9 heteroatoms. The first-order chi connectivity index (χ1) is 21.6. The van der Waals surface area contributed by atoms with Gasteiger partial charge in [-0.1, -0.05) is 63.3 Å². The van der Waals surface area contributed by atoms with Crippen LogP contribution in [0.15, 0.2) is 71.2 Å². The van der Waals surface area contributed by atoms with E-state index in [0.29, 0.717) is 66.1 Å². The molecular weight excluding hydrogens is 586 g/mol. The van der Waals surface area contributed by atoms with Crippen molar-refractivity contribution < 1.29 is 22.7 Å². The summed E-state index contributed by atoms with van der Waals surface area (Å²) in [5.74, 6) is -0.764. The van der Waals surface area contributed by atoms with Gasteiger partial charge >= 0.3 is 0 Å². The SMILES string of the molecule is C=C1C(=O)N(CCCOC)c2ccc(NC(=O)C3CCCCN3S(=O)(=O)C3=CC=C(/C(C)=C/C=C\CC)C[C@H]3C)c(/C=C\C)c21. The molecule has 0 saturated carbocycles. The van der Waals surface area contributed by atoms with E-state index >= 15 is 0 Å². The molecule has 1 aliphatic carbocycles. The van der Waals surface area contributed by atoms with E-state index in [9.17, 15) is 18.0 Å². The monoisotopic (exact) mass is 633 g/mol. The highest BCUT2D eigenvalue weighted by Crippen LogP contribution is 2.42. The Morgan fingerprint density at radius 2 is 2.00 bits per heavy atom. The third-order valence-corrected chi connectivity index (χ3v) is 10.9. The number of methoxy groups -OCH3 is 1. The van der Waals surface area contributed by atoms with Crippen LogP contribution in [0.5, 0.6) is 0 Å². The zero-order valence-corrected chi connectivity index (χ0v) is 28.1. The lowest BCUT2D eigenvalue weighted by Crippen LogP contribution is -2.50.